The van der Waals surface area contributed by atoms with Gasteiger partial charge in [0.25, 0.3) is 0 Å². The van der Waals surface area contributed by atoms with Crippen molar-refractivity contribution in [3.05, 3.63) is 57.8 Å². The van der Waals surface area contributed by atoms with Crippen LogP contribution in [0.25, 0.3) is 0 Å². The van der Waals surface area contributed by atoms with E-state index in [-0.39, 0.29) is 11.8 Å². The summed E-state index contributed by atoms with van der Waals surface area (Å²) in [5.41, 5.74) is 6.38. The average molecular weight is 300 g/mol. The standard InChI is InChI=1S/C14H12Cl2FNO/c1-8(18)9-2-5-13(12(17)6-9)19-14-7-10(15)3-4-11(14)16/h2-8H,18H2,1H3. The average Bonchev–Trinajstić information content (AvgIpc) is 2.36. The van der Waals surface area contributed by atoms with Crippen LogP contribution in [-0.4, -0.2) is 0 Å². The highest BCUT2D eigenvalue weighted by molar-refractivity contribution is 6.34. The van der Waals surface area contributed by atoms with E-state index >= 15 is 0 Å². The molecule has 2 N–H and O–H groups in total. The van der Waals surface area contributed by atoms with E-state index in [1.807, 2.05) is 0 Å². The van der Waals surface area contributed by atoms with E-state index in [9.17, 15) is 4.39 Å². The highest BCUT2D eigenvalue weighted by Crippen LogP contribution is 2.33. The van der Waals surface area contributed by atoms with Gasteiger partial charge >= 0.3 is 0 Å². The predicted octanol–water partition coefficient (Wildman–Crippen LogP) is 4.94. The molecule has 0 saturated heterocycles. The summed E-state index contributed by atoms with van der Waals surface area (Å²) in [5, 5.41) is 0.826. The van der Waals surface area contributed by atoms with Crippen LogP contribution in [0.15, 0.2) is 36.4 Å². The van der Waals surface area contributed by atoms with Gasteiger partial charge in [-0.05, 0) is 36.8 Å². The summed E-state index contributed by atoms with van der Waals surface area (Å²) in [7, 11) is 0. The van der Waals surface area contributed by atoms with Crippen LogP contribution in [0.3, 0.4) is 0 Å². The van der Waals surface area contributed by atoms with Crippen molar-refractivity contribution in [2.24, 2.45) is 5.73 Å². The number of halogens is 3. The predicted molar refractivity (Wildman–Crippen MR) is 75.5 cm³/mol. The molecule has 0 fully saturated rings. The fourth-order valence-corrected chi connectivity index (χ4v) is 1.88. The quantitative estimate of drug-likeness (QED) is 0.871. The van der Waals surface area contributed by atoms with Crippen LogP contribution in [0.1, 0.15) is 18.5 Å². The SMILES string of the molecule is CC(N)c1ccc(Oc2cc(Cl)ccc2Cl)c(F)c1. The minimum absolute atomic E-state index is 0.0774. The van der Waals surface area contributed by atoms with E-state index in [2.05, 4.69) is 0 Å². The van der Waals surface area contributed by atoms with Crippen LogP contribution in [0.2, 0.25) is 10.0 Å². The third-order valence-corrected chi connectivity index (χ3v) is 3.14. The molecule has 0 spiro atoms. The summed E-state index contributed by atoms with van der Waals surface area (Å²) in [6.07, 6.45) is 0. The van der Waals surface area contributed by atoms with Crippen molar-refractivity contribution in [1.29, 1.82) is 0 Å². The van der Waals surface area contributed by atoms with Crippen LogP contribution >= 0.6 is 23.2 Å². The zero-order valence-electron chi connectivity index (χ0n) is 10.2. The van der Waals surface area contributed by atoms with E-state index in [0.29, 0.717) is 21.4 Å². The fourth-order valence-electron chi connectivity index (χ4n) is 1.56. The first kappa shape index (κ1) is 14.1. The highest BCUT2D eigenvalue weighted by Gasteiger charge is 2.10. The van der Waals surface area contributed by atoms with Gasteiger partial charge in [0, 0.05) is 17.1 Å². The van der Waals surface area contributed by atoms with E-state index < -0.39 is 5.82 Å². The monoisotopic (exact) mass is 299 g/mol. The maximum atomic E-state index is 13.9. The lowest BCUT2D eigenvalue weighted by molar-refractivity contribution is 0.441. The molecule has 2 aromatic rings. The first-order valence-electron chi connectivity index (χ1n) is 5.65. The van der Waals surface area contributed by atoms with E-state index in [4.69, 9.17) is 33.7 Å². The Morgan fingerprint density at radius 1 is 1.11 bits per heavy atom. The molecule has 0 amide bonds. The van der Waals surface area contributed by atoms with Crippen molar-refractivity contribution in [3.8, 4) is 11.5 Å². The minimum Gasteiger partial charge on any atom is -0.453 e. The third kappa shape index (κ3) is 3.38. The molecule has 5 heteroatoms. The number of hydrogen-bond donors (Lipinski definition) is 1. The Balaban J connectivity index is 2.31. The molecule has 0 aromatic heterocycles. The van der Waals surface area contributed by atoms with Gasteiger partial charge in [0.15, 0.2) is 11.6 Å². The Morgan fingerprint density at radius 2 is 1.84 bits per heavy atom. The van der Waals surface area contributed by atoms with Crippen molar-refractivity contribution in [3.63, 3.8) is 0 Å². The van der Waals surface area contributed by atoms with Gasteiger partial charge in [-0.2, -0.15) is 0 Å². The molecule has 0 saturated carbocycles. The van der Waals surface area contributed by atoms with Gasteiger partial charge in [-0.1, -0.05) is 29.3 Å². The molecule has 0 bridgehead atoms. The van der Waals surface area contributed by atoms with E-state index in [0.717, 1.165) is 0 Å². The van der Waals surface area contributed by atoms with E-state index in [1.54, 1.807) is 25.1 Å². The van der Waals surface area contributed by atoms with Crippen LogP contribution < -0.4 is 10.5 Å². The second-order valence-corrected chi connectivity index (χ2v) is 5.00. The molecule has 100 valence electrons. The van der Waals surface area contributed by atoms with Crippen molar-refractivity contribution in [1.82, 2.24) is 0 Å². The largest absolute Gasteiger partial charge is 0.453 e. The Morgan fingerprint density at radius 3 is 2.47 bits per heavy atom. The Hall–Kier alpha value is -1.29. The summed E-state index contributed by atoms with van der Waals surface area (Å²) in [6.45, 7) is 1.78. The number of rotatable bonds is 3. The van der Waals surface area contributed by atoms with Gasteiger partial charge in [0.1, 0.15) is 5.75 Å². The second kappa shape index (κ2) is 5.78. The summed E-state index contributed by atoms with van der Waals surface area (Å²) in [4.78, 5) is 0. The molecule has 2 rings (SSSR count). The lowest BCUT2D eigenvalue weighted by Gasteiger charge is -2.11. The molecular weight excluding hydrogens is 288 g/mol. The molecule has 0 radical (unpaired) electrons. The van der Waals surface area contributed by atoms with Crippen LogP contribution in [0, 0.1) is 5.82 Å². The van der Waals surface area contributed by atoms with Gasteiger partial charge in [-0.15, -0.1) is 0 Å². The molecule has 2 nitrogen and oxygen atoms in total. The van der Waals surface area contributed by atoms with Crippen molar-refractivity contribution in [2.45, 2.75) is 13.0 Å². The smallest absolute Gasteiger partial charge is 0.166 e. The van der Waals surface area contributed by atoms with Crippen LogP contribution in [0.5, 0.6) is 11.5 Å². The van der Waals surface area contributed by atoms with Crippen LogP contribution in [-0.2, 0) is 0 Å². The third-order valence-electron chi connectivity index (χ3n) is 2.59. The van der Waals surface area contributed by atoms with Gasteiger partial charge < -0.3 is 10.5 Å². The number of benzene rings is 2. The van der Waals surface area contributed by atoms with Crippen LogP contribution in [0.4, 0.5) is 4.39 Å². The Labute approximate surface area is 120 Å². The number of ether oxygens (including phenoxy) is 1. The molecule has 0 aliphatic rings. The van der Waals surface area contributed by atoms with Crippen molar-refractivity contribution in [2.75, 3.05) is 0 Å². The molecular formula is C14H12Cl2FNO. The topological polar surface area (TPSA) is 35.2 Å². The van der Waals surface area contributed by atoms with Crippen molar-refractivity contribution < 1.29 is 9.13 Å². The first-order chi connectivity index (χ1) is 8.97. The van der Waals surface area contributed by atoms with Gasteiger partial charge in [0.2, 0.25) is 0 Å². The summed E-state index contributed by atoms with van der Waals surface area (Å²) in [6, 6.07) is 9.09. The van der Waals surface area contributed by atoms with Gasteiger partial charge in [-0.3, -0.25) is 0 Å². The normalized spacial score (nSPS) is 12.3. The summed E-state index contributed by atoms with van der Waals surface area (Å²) >= 11 is 11.8. The zero-order chi connectivity index (χ0) is 14.0. The molecule has 0 heterocycles. The van der Waals surface area contributed by atoms with Gasteiger partial charge in [0.05, 0.1) is 5.02 Å². The molecule has 0 aliphatic heterocycles. The molecule has 1 atom stereocenters. The van der Waals surface area contributed by atoms with Crippen molar-refractivity contribution >= 4 is 23.2 Å². The molecule has 19 heavy (non-hydrogen) atoms. The summed E-state index contributed by atoms with van der Waals surface area (Å²) in [5.74, 6) is -0.110. The second-order valence-electron chi connectivity index (χ2n) is 4.16. The fraction of sp³-hybridized carbons (Fsp3) is 0.143. The minimum atomic E-state index is -0.495. The maximum absolute atomic E-state index is 13.9. The Bertz CT molecular complexity index is 602. The number of nitrogens with two attached hydrogens (primary N) is 1. The lowest BCUT2D eigenvalue weighted by Crippen LogP contribution is -2.05. The van der Waals surface area contributed by atoms with E-state index in [1.165, 1.54) is 18.2 Å². The maximum Gasteiger partial charge on any atom is 0.166 e. The molecule has 0 aliphatic carbocycles. The first-order valence-corrected chi connectivity index (χ1v) is 6.41. The molecule has 2 aromatic carbocycles. The summed E-state index contributed by atoms with van der Waals surface area (Å²) < 4.78 is 19.3. The zero-order valence-corrected chi connectivity index (χ0v) is 11.7. The lowest BCUT2D eigenvalue weighted by atomic mass is 10.1. The Kier molecular flexibility index (Phi) is 4.30. The molecule has 1 unspecified atom stereocenters. The number of hydrogen-bond acceptors (Lipinski definition) is 2. The highest BCUT2D eigenvalue weighted by atomic mass is 35.5. The van der Waals surface area contributed by atoms with Gasteiger partial charge in [-0.25, -0.2) is 4.39 Å².